The standard InChI is InChI=1S/C24H29N5O2S/c1-4-28(20-11-7-5-9-18(20)2)22(30)17-32-24-26-25-23(27-13-15-31-16-14-27)29(24)21-12-8-6-10-19(21)3/h5-12H,4,13-17H2,1-3H3. The summed E-state index contributed by atoms with van der Waals surface area (Å²) in [6.07, 6.45) is 0. The fraction of sp³-hybridized carbons (Fsp3) is 0.375. The highest BCUT2D eigenvalue weighted by Crippen LogP contribution is 2.29. The number of amides is 1. The molecule has 4 rings (SSSR count). The molecule has 1 amide bonds. The molecule has 168 valence electrons. The van der Waals surface area contributed by atoms with E-state index < -0.39 is 0 Å². The summed E-state index contributed by atoms with van der Waals surface area (Å²) in [5.41, 5.74) is 4.20. The zero-order chi connectivity index (χ0) is 22.5. The number of aryl methyl sites for hydroxylation is 2. The Morgan fingerprint density at radius 2 is 1.72 bits per heavy atom. The number of hydrogen-bond acceptors (Lipinski definition) is 6. The average Bonchev–Trinajstić information content (AvgIpc) is 3.24. The maximum Gasteiger partial charge on any atom is 0.237 e. The Kier molecular flexibility index (Phi) is 7.12. The van der Waals surface area contributed by atoms with E-state index in [2.05, 4.69) is 38.7 Å². The second-order valence-corrected chi connectivity index (χ2v) is 8.66. The largest absolute Gasteiger partial charge is 0.378 e. The molecule has 0 atom stereocenters. The molecule has 0 aliphatic carbocycles. The summed E-state index contributed by atoms with van der Waals surface area (Å²) in [5.74, 6) is 1.14. The van der Waals surface area contributed by atoms with E-state index in [1.165, 1.54) is 11.8 Å². The van der Waals surface area contributed by atoms with Crippen LogP contribution in [0.1, 0.15) is 18.1 Å². The van der Waals surface area contributed by atoms with Gasteiger partial charge in [0.15, 0.2) is 5.16 Å². The van der Waals surface area contributed by atoms with Crippen molar-refractivity contribution in [2.75, 3.05) is 48.4 Å². The monoisotopic (exact) mass is 451 g/mol. The van der Waals surface area contributed by atoms with Crippen molar-refractivity contribution in [3.05, 3.63) is 59.7 Å². The van der Waals surface area contributed by atoms with Crippen molar-refractivity contribution in [3.63, 3.8) is 0 Å². The van der Waals surface area contributed by atoms with Crippen molar-refractivity contribution in [2.24, 2.45) is 0 Å². The Bertz CT molecular complexity index is 1080. The third-order valence-electron chi connectivity index (χ3n) is 5.61. The predicted molar refractivity (Wildman–Crippen MR) is 129 cm³/mol. The molecule has 1 aliphatic heterocycles. The number of anilines is 2. The van der Waals surface area contributed by atoms with E-state index in [1.54, 1.807) is 0 Å². The molecule has 0 saturated carbocycles. The molecule has 32 heavy (non-hydrogen) atoms. The van der Waals surface area contributed by atoms with E-state index >= 15 is 0 Å². The van der Waals surface area contributed by atoms with Gasteiger partial charge in [-0.15, -0.1) is 10.2 Å². The maximum absolute atomic E-state index is 13.1. The van der Waals surface area contributed by atoms with Gasteiger partial charge in [-0.05, 0) is 44.0 Å². The fourth-order valence-electron chi connectivity index (χ4n) is 3.90. The highest BCUT2D eigenvalue weighted by Gasteiger charge is 2.24. The second-order valence-electron chi connectivity index (χ2n) is 7.72. The number of nitrogens with zero attached hydrogens (tertiary/aromatic N) is 5. The highest BCUT2D eigenvalue weighted by atomic mass is 32.2. The molecule has 0 unspecified atom stereocenters. The van der Waals surface area contributed by atoms with E-state index in [0.29, 0.717) is 19.8 Å². The van der Waals surface area contributed by atoms with Crippen molar-refractivity contribution >= 4 is 29.3 Å². The summed E-state index contributed by atoms with van der Waals surface area (Å²) in [6.45, 7) is 9.61. The number of carbonyl (C=O) groups is 1. The highest BCUT2D eigenvalue weighted by molar-refractivity contribution is 7.99. The van der Waals surface area contributed by atoms with Gasteiger partial charge in [-0.25, -0.2) is 0 Å². The van der Waals surface area contributed by atoms with Gasteiger partial charge in [-0.1, -0.05) is 48.2 Å². The van der Waals surface area contributed by atoms with Gasteiger partial charge >= 0.3 is 0 Å². The molecule has 0 spiro atoms. The summed E-state index contributed by atoms with van der Waals surface area (Å²) in [6, 6.07) is 16.2. The number of hydrogen-bond donors (Lipinski definition) is 0. The molecule has 2 aromatic carbocycles. The molecule has 2 heterocycles. The quantitative estimate of drug-likeness (QED) is 0.508. The van der Waals surface area contributed by atoms with Crippen molar-refractivity contribution in [1.29, 1.82) is 0 Å². The van der Waals surface area contributed by atoms with Crippen LogP contribution in [-0.2, 0) is 9.53 Å². The maximum atomic E-state index is 13.1. The molecular weight excluding hydrogens is 422 g/mol. The molecular formula is C24H29N5O2S. The van der Waals surface area contributed by atoms with Crippen LogP contribution in [0.4, 0.5) is 11.6 Å². The number of ether oxygens (including phenoxy) is 1. The van der Waals surface area contributed by atoms with Gasteiger partial charge in [0.25, 0.3) is 0 Å². The third-order valence-corrected chi connectivity index (χ3v) is 6.53. The first-order valence-corrected chi connectivity index (χ1v) is 11.9. The minimum absolute atomic E-state index is 0.0547. The lowest BCUT2D eigenvalue weighted by Gasteiger charge is -2.28. The second kappa shape index (κ2) is 10.2. The summed E-state index contributed by atoms with van der Waals surface area (Å²) < 4.78 is 7.58. The SMILES string of the molecule is CCN(C(=O)CSc1nnc(N2CCOCC2)n1-c1ccccc1C)c1ccccc1C. The van der Waals surface area contributed by atoms with E-state index in [4.69, 9.17) is 4.74 Å². The number of carbonyl (C=O) groups excluding carboxylic acids is 1. The van der Waals surface area contributed by atoms with Gasteiger partial charge in [0.1, 0.15) is 0 Å². The number of rotatable bonds is 7. The number of thioether (sulfide) groups is 1. The Morgan fingerprint density at radius 1 is 1.03 bits per heavy atom. The number of para-hydroxylation sites is 2. The first kappa shape index (κ1) is 22.4. The normalized spacial score (nSPS) is 13.9. The zero-order valence-electron chi connectivity index (χ0n) is 18.8. The van der Waals surface area contributed by atoms with Crippen LogP contribution in [0.15, 0.2) is 53.7 Å². The van der Waals surface area contributed by atoms with Crippen LogP contribution in [0.3, 0.4) is 0 Å². The molecule has 7 nitrogen and oxygen atoms in total. The van der Waals surface area contributed by atoms with Crippen molar-refractivity contribution in [1.82, 2.24) is 14.8 Å². The number of benzene rings is 2. The van der Waals surface area contributed by atoms with Crippen molar-refractivity contribution in [2.45, 2.75) is 25.9 Å². The molecule has 1 fully saturated rings. The van der Waals surface area contributed by atoms with Crippen LogP contribution < -0.4 is 9.80 Å². The summed E-state index contributed by atoms with van der Waals surface area (Å²) in [7, 11) is 0. The summed E-state index contributed by atoms with van der Waals surface area (Å²) >= 11 is 1.43. The van der Waals surface area contributed by atoms with Gasteiger partial charge in [0, 0.05) is 25.3 Å². The Balaban J connectivity index is 1.61. The summed E-state index contributed by atoms with van der Waals surface area (Å²) in [5, 5.41) is 9.71. The Hall–Kier alpha value is -2.84. The van der Waals surface area contributed by atoms with Gasteiger partial charge in [-0.3, -0.25) is 9.36 Å². The lowest BCUT2D eigenvalue weighted by molar-refractivity contribution is -0.116. The molecule has 1 saturated heterocycles. The van der Waals surface area contributed by atoms with Crippen LogP contribution in [0.25, 0.3) is 5.69 Å². The van der Waals surface area contributed by atoms with E-state index in [-0.39, 0.29) is 11.7 Å². The zero-order valence-corrected chi connectivity index (χ0v) is 19.6. The van der Waals surface area contributed by atoms with Crippen LogP contribution in [0, 0.1) is 13.8 Å². The third kappa shape index (κ3) is 4.66. The molecule has 0 bridgehead atoms. The van der Waals surface area contributed by atoms with Crippen molar-refractivity contribution in [3.8, 4) is 5.69 Å². The minimum atomic E-state index is 0.0547. The van der Waals surface area contributed by atoms with Crippen LogP contribution >= 0.6 is 11.8 Å². The smallest absolute Gasteiger partial charge is 0.237 e. The molecule has 8 heteroatoms. The molecule has 3 aromatic rings. The van der Waals surface area contributed by atoms with Gasteiger partial charge in [-0.2, -0.15) is 0 Å². The molecule has 0 N–H and O–H groups in total. The van der Waals surface area contributed by atoms with Gasteiger partial charge in [0.2, 0.25) is 11.9 Å². The van der Waals surface area contributed by atoms with Crippen LogP contribution in [0.2, 0.25) is 0 Å². The van der Waals surface area contributed by atoms with Gasteiger partial charge in [0.05, 0.1) is 24.7 Å². The summed E-state index contributed by atoms with van der Waals surface area (Å²) in [4.78, 5) is 17.2. The van der Waals surface area contributed by atoms with Crippen LogP contribution in [-0.4, -0.2) is 59.3 Å². The predicted octanol–water partition coefficient (Wildman–Crippen LogP) is 3.87. The first-order chi connectivity index (χ1) is 15.6. The van der Waals surface area contributed by atoms with E-state index in [0.717, 1.165) is 46.7 Å². The molecule has 1 aromatic heterocycles. The lowest BCUT2D eigenvalue weighted by atomic mass is 10.2. The topological polar surface area (TPSA) is 63.5 Å². The van der Waals surface area contributed by atoms with Gasteiger partial charge < -0.3 is 14.5 Å². The Labute approximate surface area is 193 Å². The van der Waals surface area contributed by atoms with Crippen molar-refractivity contribution < 1.29 is 9.53 Å². The lowest BCUT2D eigenvalue weighted by Crippen LogP contribution is -2.38. The Morgan fingerprint density at radius 3 is 2.41 bits per heavy atom. The number of aromatic nitrogens is 3. The first-order valence-electron chi connectivity index (χ1n) is 10.9. The van der Waals surface area contributed by atoms with E-state index in [1.807, 2.05) is 55.1 Å². The fourth-order valence-corrected chi connectivity index (χ4v) is 4.72. The van der Waals surface area contributed by atoms with E-state index in [9.17, 15) is 4.79 Å². The molecule has 0 radical (unpaired) electrons. The minimum Gasteiger partial charge on any atom is -0.378 e. The average molecular weight is 452 g/mol. The number of morpholine rings is 1. The molecule has 1 aliphatic rings. The van der Waals surface area contributed by atoms with Crippen LogP contribution in [0.5, 0.6) is 0 Å².